The lowest BCUT2D eigenvalue weighted by molar-refractivity contribution is 0.454. The van der Waals surface area contributed by atoms with E-state index >= 15 is 0 Å². The van der Waals surface area contributed by atoms with Gasteiger partial charge in [0.1, 0.15) is 0 Å². The maximum Gasteiger partial charge on any atom is 0.0893 e. The summed E-state index contributed by atoms with van der Waals surface area (Å²) in [6.07, 6.45) is 6.09. The van der Waals surface area contributed by atoms with E-state index in [-0.39, 0.29) is 0 Å². The molecule has 1 N–H and O–H groups in total. The second kappa shape index (κ2) is 4.01. The normalized spacial score (nSPS) is 27.4. The van der Waals surface area contributed by atoms with Gasteiger partial charge in [0.25, 0.3) is 0 Å². The van der Waals surface area contributed by atoms with Crippen molar-refractivity contribution in [2.45, 2.75) is 43.9 Å². The van der Waals surface area contributed by atoms with Crippen LogP contribution in [0.3, 0.4) is 0 Å². The molecular formula is C17H19N3. The number of benzene rings is 1. The van der Waals surface area contributed by atoms with E-state index < -0.39 is 0 Å². The standard InChI is InChI=1S/C17H19N3/c1-2-4-15-14(3-1)19-16-6-12-10-5-11(9-18-8-10)13(12)7-17(16)20-15/h6-7,10-11,18H,1-5,8-9H2. The van der Waals surface area contributed by atoms with Crippen molar-refractivity contribution < 1.29 is 0 Å². The predicted molar refractivity (Wildman–Crippen MR) is 79.1 cm³/mol. The fraction of sp³-hybridized carbons (Fsp3) is 0.529. The van der Waals surface area contributed by atoms with E-state index in [9.17, 15) is 0 Å². The van der Waals surface area contributed by atoms with Crippen molar-refractivity contribution in [3.8, 4) is 0 Å². The van der Waals surface area contributed by atoms with Gasteiger partial charge >= 0.3 is 0 Å². The van der Waals surface area contributed by atoms with Crippen LogP contribution in [-0.4, -0.2) is 23.1 Å². The summed E-state index contributed by atoms with van der Waals surface area (Å²) in [5.41, 5.74) is 7.83. The van der Waals surface area contributed by atoms with Gasteiger partial charge in [-0.3, -0.25) is 0 Å². The van der Waals surface area contributed by atoms with Crippen LogP contribution in [0.5, 0.6) is 0 Å². The molecule has 1 aromatic carbocycles. The van der Waals surface area contributed by atoms with Crippen molar-refractivity contribution in [3.63, 3.8) is 0 Å². The van der Waals surface area contributed by atoms with E-state index in [1.165, 1.54) is 41.8 Å². The average Bonchev–Trinajstić information content (AvgIpc) is 2.74. The zero-order chi connectivity index (χ0) is 13.1. The van der Waals surface area contributed by atoms with Crippen LogP contribution in [0.4, 0.5) is 0 Å². The molecule has 2 atom stereocenters. The minimum Gasteiger partial charge on any atom is -0.316 e. The average molecular weight is 265 g/mol. The van der Waals surface area contributed by atoms with Crippen LogP contribution in [-0.2, 0) is 12.8 Å². The Bertz CT molecular complexity index is 648. The molecule has 0 spiro atoms. The highest BCUT2D eigenvalue weighted by Gasteiger charge is 2.34. The molecule has 3 heteroatoms. The van der Waals surface area contributed by atoms with Gasteiger partial charge in [-0.25, -0.2) is 9.97 Å². The first-order valence-corrected chi connectivity index (χ1v) is 7.92. The van der Waals surface area contributed by atoms with Gasteiger partial charge in [-0.05, 0) is 67.2 Å². The maximum absolute atomic E-state index is 4.92. The summed E-state index contributed by atoms with van der Waals surface area (Å²) in [4.78, 5) is 9.85. The largest absolute Gasteiger partial charge is 0.316 e. The number of nitrogens with zero attached hydrogens (tertiary/aromatic N) is 2. The van der Waals surface area contributed by atoms with Gasteiger partial charge in [0.05, 0.1) is 22.4 Å². The van der Waals surface area contributed by atoms with Crippen molar-refractivity contribution in [3.05, 3.63) is 34.6 Å². The molecule has 2 aromatic rings. The molecule has 2 heterocycles. The summed E-state index contributed by atoms with van der Waals surface area (Å²) >= 11 is 0. The van der Waals surface area contributed by atoms with E-state index in [1.807, 2.05) is 0 Å². The van der Waals surface area contributed by atoms with Crippen molar-refractivity contribution >= 4 is 11.0 Å². The number of nitrogens with one attached hydrogen (secondary N) is 1. The van der Waals surface area contributed by atoms with Gasteiger partial charge in [0.2, 0.25) is 0 Å². The number of hydrogen-bond donors (Lipinski definition) is 1. The Labute approximate surface area is 118 Å². The lowest BCUT2D eigenvalue weighted by Crippen LogP contribution is -2.28. The number of aromatic nitrogens is 2. The van der Waals surface area contributed by atoms with Crippen molar-refractivity contribution in [2.75, 3.05) is 13.1 Å². The molecule has 1 aliphatic heterocycles. The van der Waals surface area contributed by atoms with Crippen LogP contribution in [0.25, 0.3) is 11.0 Å². The summed E-state index contributed by atoms with van der Waals surface area (Å²) in [6, 6.07) is 4.68. The smallest absolute Gasteiger partial charge is 0.0893 e. The Morgan fingerprint density at radius 2 is 1.40 bits per heavy atom. The summed E-state index contributed by atoms with van der Waals surface area (Å²) in [7, 11) is 0. The topological polar surface area (TPSA) is 37.8 Å². The highest BCUT2D eigenvalue weighted by molar-refractivity contribution is 5.78. The first kappa shape index (κ1) is 11.2. The van der Waals surface area contributed by atoms with Crippen molar-refractivity contribution in [1.82, 2.24) is 15.3 Å². The maximum atomic E-state index is 4.92. The Morgan fingerprint density at radius 3 is 1.95 bits per heavy atom. The fourth-order valence-corrected chi connectivity index (χ4v) is 4.32. The van der Waals surface area contributed by atoms with Crippen molar-refractivity contribution in [1.29, 1.82) is 0 Å². The summed E-state index contributed by atoms with van der Waals surface area (Å²) in [5, 5.41) is 3.56. The predicted octanol–water partition coefficient (Wildman–Crippen LogP) is 2.68. The van der Waals surface area contributed by atoms with E-state index in [4.69, 9.17) is 9.97 Å². The van der Waals surface area contributed by atoms with Gasteiger partial charge in [-0.2, -0.15) is 0 Å². The zero-order valence-corrected chi connectivity index (χ0v) is 11.7. The van der Waals surface area contributed by atoms with E-state index in [0.29, 0.717) is 11.8 Å². The zero-order valence-electron chi connectivity index (χ0n) is 11.7. The Balaban J connectivity index is 1.74. The number of fused-ring (bicyclic) bond motifs is 7. The van der Waals surface area contributed by atoms with Gasteiger partial charge in [-0.15, -0.1) is 0 Å². The van der Waals surface area contributed by atoms with E-state index in [2.05, 4.69) is 17.4 Å². The quantitative estimate of drug-likeness (QED) is 0.796. The molecule has 0 radical (unpaired) electrons. The Kier molecular flexibility index (Phi) is 2.25. The molecule has 20 heavy (non-hydrogen) atoms. The molecule has 1 fully saturated rings. The number of hydrogen-bond acceptors (Lipinski definition) is 3. The van der Waals surface area contributed by atoms with Crippen LogP contribution in [0.2, 0.25) is 0 Å². The minimum atomic E-state index is 0.700. The third-order valence-corrected chi connectivity index (χ3v) is 5.33. The number of rotatable bonds is 0. The number of piperidine rings is 1. The molecule has 102 valence electrons. The lowest BCUT2D eigenvalue weighted by Gasteiger charge is -2.19. The van der Waals surface area contributed by atoms with Crippen LogP contribution in [0.1, 0.15) is 53.6 Å². The summed E-state index contributed by atoms with van der Waals surface area (Å²) in [6.45, 7) is 2.26. The van der Waals surface area contributed by atoms with Crippen LogP contribution >= 0.6 is 0 Å². The third-order valence-electron chi connectivity index (χ3n) is 5.33. The highest BCUT2D eigenvalue weighted by Crippen LogP contribution is 2.44. The molecule has 3 nitrogen and oxygen atoms in total. The third kappa shape index (κ3) is 1.50. The highest BCUT2D eigenvalue weighted by atomic mass is 14.9. The molecule has 1 saturated heterocycles. The van der Waals surface area contributed by atoms with E-state index in [0.717, 1.165) is 37.0 Å². The van der Waals surface area contributed by atoms with Gasteiger partial charge in [0, 0.05) is 13.1 Å². The monoisotopic (exact) mass is 265 g/mol. The molecule has 2 aliphatic carbocycles. The first-order chi connectivity index (χ1) is 9.88. The summed E-state index contributed by atoms with van der Waals surface area (Å²) < 4.78 is 0. The molecule has 1 aromatic heterocycles. The van der Waals surface area contributed by atoms with Crippen LogP contribution in [0, 0.1) is 0 Å². The Hall–Kier alpha value is -1.48. The van der Waals surface area contributed by atoms with Gasteiger partial charge in [-0.1, -0.05) is 0 Å². The number of aryl methyl sites for hydroxylation is 2. The minimum absolute atomic E-state index is 0.700. The molecular weight excluding hydrogens is 246 g/mol. The SMILES string of the molecule is c1c2c(cc3nc4c(nc13)CCCC4)C1CNCC2C1. The van der Waals surface area contributed by atoms with Crippen molar-refractivity contribution in [2.24, 2.45) is 0 Å². The first-order valence-electron chi connectivity index (χ1n) is 7.92. The Morgan fingerprint density at radius 1 is 0.850 bits per heavy atom. The second-order valence-electron chi connectivity index (χ2n) is 6.58. The molecule has 0 amide bonds. The fourth-order valence-electron chi connectivity index (χ4n) is 4.32. The van der Waals surface area contributed by atoms with E-state index in [1.54, 1.807) is 0 Å². The second-order valence-corrected chi connectivity index (χ2v) is 6.58. The molecule has 3 aliphatic rings. The molecule has 2 bridgehead atoms. The lowest BCUT2D eigenvalue weighted by atomic mass is 9.98. The van der Waals surface area contributed by atoms with Gasteiger partial charge in [0.15, 0.2) is 0 Å². The molecule has 0 saturated carbocycles. The van der Waals surface area contributed by atoms with Gasteiger partial charge < -0.3 is 5.32 Å². The summed E-state index contributed by atoms with van der Waals surface area (Å²) in [5.74, 6) is 1.40. The molecule has 5 rings (SSSR count). The van der Waals surface area contributed by atoms with Crippen LogP contribution in [0.15, 0.2) is 12.1 Å². The molecule has 2 unspecified atom stereocenters. The van der Waals surface area contributed by atoms with Crippen LogP contribution < -0.4 is 5.32 Å².